The molecule has 1 heterocycles. The minimum atomic E-state index is 0.152. The Labute approximate surface area is 197 Å². The first-order valence-electron chi connectivity index (χ1n) is 11.2. The van der Waals surface area contributed by atoms with Gasteiger partial charge in [0.1, 0.15) is 18.3 Å². The topological polar surface area (TPSA) is 69.6 Å². The molecule has 2 N–H and O–H groups in total. The van der Waals surface area contributed by atoms with Crippen molar-refractivity contribution >= 4 is 12.6 Å². The maximum Gasteiger partial charge on any atom is 0.133 e. The molecule has 1 atom stereocenters. The third-order valence-corrected chi connectivity index (χ3v) is 5.44. The first-order valence-corrected chi connectivity index (χ1v) is 11.2. The fourth-order valence-corrected chi connectivity index (χ4v) is 3.60. The molecule has 0 aliphatic carbocycles. The summed E-state index contributed by atoms with van der Waals surface area (Å²) >= 11 is 0. The number of carbonyl (C=O) groups is 2. The van der Waals surface area contributed by atoms with Gasteiger partial charge in [-0.3, -0.25) is 0 Å². The van der Waals surface area contributed by atoms with Crippen molar-refractivity contribution in [1.29, 1.82) is 0 Å². The molecule has 1 aliphatic heterocycles. The first kappa shape index (κ1) is 26.0. The summed E-state index contributed by atoms with van der Waals surface area (Å²) in [6, 6.07) is 24.2. The largest absolute Gasteiger partial charge is 0.508 e. The van der Waals surface area contributed by atoms with Gasteiger partial charge in [-0.2, -0.15) is 0 Å². The second-order valence-electron chi connectivity index (χ2n) is 7.96. The summed E-state index contributed by atoms with van der Waals surface area (Å²) in [7, 11) is 2.18. The summed E-state index contributed by atoms with van der Waals surface area (Å²) in [6.07, 6.45) is 2.83. The number of rotatable bonds is 5. The van der Waals surface area contributed by atoms with Crippen molar-refractivity contribution in [2.45, 2.75) is 32.9 Å². The lowest BCUT2D eigenvalue weighted by Crippen LogP contribution is -2.26. The van der Waals surface area contributed by atoms with Crippen LogP contribution in [0, 0.1) is 0 Å². The molecule has 0 saturated heterocycles. The average molecular weight is 447 g/mol. The van der Waals surface area contributed by atoms with Gasteiger partial charge >= 0.3 is 0 Å². The smallest absolute Gasteiger partial charge is 0.133 e. The number of hydrogen-bond donors (Lipinski definition) is 2. The van der Waals surface area contributed by atoms with Crippen molar-refractivity contribution in [3.63, 3.8) is 0 Å². The molecule has 1 unspecified atom stereocenters. The maximum atomic E-state index is 10.3. The molecule has 0 aromatic heterocycles. The number of likely N-dealkylation sites (N-methyl/N-ethyl adjacent to an activating group) is 1. The SMILES string of the molecule is CC(NCC=O)c1ccc(-c2ccc(O)cc2)cc1.CC=O.CN1CCc2ccccc2C1. The van der Waals surface area contributed by atoms with Gasteiger partial charge in [-0.25, -0.2) is 0 Å². The fourth-order valence-electron chi connectivity index (χ4n) is 3.60. The molecule has 3 aromatic rings. The minimum absolute atomic E-state index is 0.152. The number of phenols is 1. The summed E-state index contributed by atoms with van der Waals surface area (Å²) in [6.45, 7) is 6.16. The number of benzene rings is 3. The quantitative estimate of drug-likeness (QED) is 0.552. The molecule has 0 radical (unpaired) electrons. The Balaban J connectivity index is 0.000000231. The summed E-state index contributed by atoms with van der Waals surface area (Å²) in [5.41, 5.74) is 6.35. The Morgan fingerprint density at radius 1 is 0.939 bits per heavy atom. The maximum absolute atomic E-state index is 10.3. The molecule has 0 saturated carbocycles. The molecular weight excluding hydrogens is 412 g/mol. The van der Waals surface area contributed by atoms with Gasteiger partial charge in [-0.15, -0.1) is 0 Å². The van der Waals surface area contributed by atoms with Crippen molar-refractivity contribution in [1.82, 2.24) is 10.2 Å². The van der Waals surface area contributed by atoms with Crippen molar-refractivity contribution in [3.05, 3.63) is 89.5 Å². The van der Waals surface area contributed by atoms with Crippen LogP contribution in [0.2, 0.25) is 0 Å². The number of phenolic OH excluding ortho intramolecular Hbond substituents is 1. The lowest BCUT2D eigenvalue weighted by molar-refractivity contribution is -0.107. The molecule has 1 aliphatic rings. The molecule has 174 valence electrons. The van der Waals surface area contributed by atoms with Crippen molar-refractivity contribution in [2.75, 3.05) is 20.1 Å². The Hall–Kier alpha value is -3.28. The molecular formula is C28H34N2O3. The summed E-state index contributed by atoms with van der Waals surface area (Å²) in [4.78, 5) is 21.5. The van der Waals surface area contributed by atoms with Crippen LogP contribution in [0.25, 0.3) is 11.1 Å². The monoisotopic (exact) mass is 446 g/mol. The molecule has 5 nitrogen and oxygen atoms in total. The number of carbonyl (C=O) groups excluding carboxylic acids is 2. The van der Waals surface area contributed by atoms with E-state index in [-0.39, 0.29) is 11.8 Å². The summed E-state index contributed by atoms with van der Waals surface area (Å²) in [5.74, 6) is 0.270. The molecule has 4 rings (SSSR count). The predicted molar refractivity (Wildman–Crippen MR) is 134 cm³/mol. The van der Waals surface area contributed by atoms with Gasteiger partial charge in [0.2, 0.25) is 0 Å². The van der Waals surface area contributed by atoms with Gasteiger partial charge in [0.05, 0.1) is 6.54 Å². The van der Waals surface area contributed by atoms with E-state index in [0.717, 1.165) is 35.8 Å². The van der Waals surface area contributed by atoms with Crippen molar-refractivity contribution in [2.24, 2.45) is 0 Å². The Morgan fingerprint density at radius 3 is 2.06 bits per heavy atom. The van der Waals surface area contributed by atoms with E-state index in [1.165, 1.54) is 31.0 Å². The van der Waals surface area contributed by atoms with Crippen LogP contribution in [0.15, 0.2) is 72.8 Å². The number of nitrogens with one attached hydrogen (secondary N) is 1. The highest BCUT2D eigenvalue weighted by molar-refractivity contribution is 5.64. The van der Waals surface area contributed by atoms with Crippen LogP contribution in [0.5, 0.6) is 5.75 Å². The van der Waals surface area contributed by atoms with Crippen LogP contribution in [0.1, 0.15) is 36.6 Å². The highest BCUT2D eigenvalue weighted by atomic mass is 16.3. The lowest BCUT2D eigenvalue weighted by atomic mass is 10.0. The molecule has 33 heavy (non-hydrogen) atoms. The number of hydrogen-bond acceptors (Lipinski definition) is 5. The first-order chi connectivity index (χ1) is 16.0. The van der Waals surface area contributed by atoms with E-state index < -0.39 is 0 Å². The van der Waals surface area contributed by atoms with E-state index in [4.69, 9.17) is 4.79 Å². The molecule has 0 amide bonds. The minimum Gasteiger partial charge on any atom is -0.508 e. The average Bonchev–Trinajstić information content (AvgIpc) is 2.84. The van der Waals surface area contributed by atoms with Crippen LogP contribution < -0.4 is 5.32 Å². The van der Waals surface area contributed by atoms with E-state index >= 15 is 0 Å². The second-order valence-corrected chi connectivity index (χ2v) is 7.96. The zero-order valence-corrected chi connectivity index (χ0v) is 19.7. The highest BCUT2D eigenvalue weighted by Crippen LogP contribution is 2.23. The molecule has 3 aromatic carbocycles. The van der Waals surface area contributed by atoms with Gasteiger partial charge in [-0.05, 0) is 67.3 Å². The van der Waals surface area contributed by atoms with Crippen molar-refractivity contribution in [3.8, 4) is 16.9 Å². The van der Waals surface area contributed by atoms with E-state index in [1.807, 2.05) is 43.3 Å². The van der Waals surface area contributed by atoms with Crippen LogP contribution in [0.4, 0.5) is 0 Å². The van der Waals surface area contributed by atoms with Gasteiger partial charge in [-0.1, -0.05) is 60.7 Å². The van der Waals surface area contributed by atoms with E-state index in [1.54, 1.807) is 12.1 Å². The number of aldehydes is 2. The van der Waals surface area contributed by atoms with Crippen LogP contribution in [-0.4, -0.2) is 42.7 Å². The van der Waals surface area contributed by atoms with E-state index in [9.17, 15) is 9.90 Å². The summed E-state index contributed by atoms with van der Waals surface area (Å²) in [5, 5.41) is 12.4. The van der Waals surface area contributed by atoms with E-state index in [2.05, 4.69) is 41.5 Å². The zero-order valence-electron chi connectivity index (χ0n) is 19.7. The van der Waals surface area contributed by atoms with Crippen LogP contribution in [-0.2, 0) is 22.6 Å². The standard InChI is InChI=1S/C16H17NO2.C10H13N.C2H4O/c1-12(17-10-11-18)13-2-4-14(5-3-13)15-6-8-16(19)9-7-15;1-11-7-6-9-4-2-3-5-10(9)8-11;1-2-3/h2-9,11-12,17,19H,10H2,1H3;2-5H,6-8H2,1H3;2H,1H3. The fraction of sp³-hybridized carbons (Fsp3) is 0.286. The summed E-state index contributed by atoms with van der Waals surface area (Å²) < 4.78 is 0. The Kier molecular flexibility index (Phi) is 11.0. The number of aromatic hydroxyl groups is 1. The molecule has 0 fully saturated rings. The van der Waals surface area contributed by atoms with Crippen molar-refractivity contribution < 1.29 is 14.7 Å². The normalized spacial score (nSPS) is 13.3. The third kappa shape index (κ3) is 8.64. The Morgan fingerprint density at radius 2 is 1.48 bits per heavy atom. The Bertz CT molecular complexity index is 985. The second kappa shape index (κ2) is 14.0. The number of fused-ring (bicyclic) bond motifs is 1. The lowest BCUT2D eigenvalue weighted by Gasteiger charge is -2.24. The predicted octanol–water partition coefficient (Wildman–Crippen LogP) is 4.79. The van der Waals surface area contributed by atoms with E-state index in [0.29, 0.717) is 6.54 Å². The number of nitrogens with zero attached hydrogens (tertiary/aromatic N) is 1. The molecule has 5 heteroatoms. The van der Waals surface area contributed by atoms with Gasteiger partial charge in [0.25, 0.3) is 0 Å². The van der Waals surface area contributed by atoms with Crippen LogP contribution in [0.3, 0.4) is 0 Å². The molecule has 0 bridgehead atoms. The van der Waals surface area contributed by atoms with Gasteiger partial charge < -0.3 is 24.9 Å². The van der Waals surface area contributed by atoms with Gasteiger partial charge in [0, 0.05) is 19.1 Å². The van der Waals surface area contributed by atoms with Gasteiger partial charge in [0.15, 0.2) is 0 Å². The highest BCUT2D eigenvalue weighted by Gasteiger charge is 2.10. The zero-order chi connectivity index (χ0) is 24.1. The molecule has 0 spiro atoms. The third-order valence-electron chi connectivity index (χ3n) is 5.44. The van der Waals surface area contributed by atoms with Crippen LogP contribution >= 0.6 is 0 Å².